The van der Waals surface area contributed by atoms with Crippen LogP contribution in [-0.4, -0.2) is 18.4 Å². The molecule has 0 N–H and O–H groups in total. The van der Waals surface area contributed by atoms with Crippen molar-refractivity contribution in [3.8, 4) is 17.0 Å². The average molecular weight is 277 g/mol. The van der Waals surface area contributed by atoms with Gasteiger partial charge in [-0.05, 0) is 31.2 Å². The molecule has 3 aromatic rings. The molecule has 1 heterocycles. The van der Waals surface area contributed by atoms with Crippen molar-refractivity contribution in [2.24, 2.45) is 0 Å². The zero-order chi connectivity index (χ0) is 14.8. The molecule has 0 bridgehead atoms. The maximum absolute atomic E-state index is 11.4. The minimum atomic E-state index is 0.620. The van der Waals surface area contributed by atoms with Crippen molar-refractivity contribution in [2.45, 2.75) is 6.92 Å². The van der Waals surface area contributed by atoms with Crippen molar-refractivity contribution in [3.63, 3.8) is 0 Å². The maximum Gasteiger partial charge on any atom is 0.150 e. The Morgan fingerprint density at radius 1 is 1.05 bits per heavy atom. The highest BCUT2D eigenvalue weighted by Gasteiger charge is 2.08. The highest BCUT2D eigenvalue weighted by atomic mass is 16.5. The Bertz CT molecular complexity index is 807. The molecule has 0 fully saturated rings. The fourth-order valence-electron chi connectivity index (χ4n) is 2.33. The van der Waals surface area contributed by atoms with Gasteiger partial charge in [0.2, 0.25) is 0 Å². The zero-order valence-corrected chi connectivity index (χ0v) is 12.0. The smallest absolute Gasteiger partial charge is 0.150 e. The minimum Gasteiger partial charge on any atom is -0.497 e. The standard InChI is InChI=1S/C18H15NO2/c1-12-3-5-13(6-4-12)18-9-14(11-20)16-10-15(21-2)7-8-17(16)19-18/h3-11H,1-2H3. The first kappa shape index (κ1) is 13.3. The van der Waals surface area contributed by atoms with Crippen LogP contribution >= 0.6 is 0 Å². The summed E-state index contributed by atoms with van der Waals surface area (Å²) in [6.45, 7) is 2.04. The summed E-state index contributed by atoms with van der Waals surface area (Å²) >= 11 is 0. The van der Waals surface area contributed by atoms with E-state index in [9.17, 15) is 4.79 Å². The number of aromatic nitrogens is 1. The number of nitrogens with zero attached hydrogens (tertiary/aromatic N) is 1. The van der Waals surface area contributed by atoms with Crippen molar-refractivity contribution >= 4 is 17.2 Å². The fourth-order valence-corrected chi connectivity index (χ4v) is 2.33. The molecule has 0 aliphatic rings. The summed E-state index contributed by atoms with van der Waals surface area (Å²) in [4.78, 5) is 16.0. The van der Waals surface area contributed by atoms with E-state index in [1.165, 1.54) is 5.56 Å². The zero-order valence-electron chi connectivity index (χ0n) is 12.0. The second-order valence-electron chi connectivity index (χ2n) is 4.96. The van der Waals surface area contributed by atoms with Gasteiger partial charge < -0.3 is 4.74 Å². The molecule has 0 aliphatic heterocycles. The molecule has 3 heteroatoms. The van der Waals surface area contributed by atoms with Gasteiger partial charge in [-0.25, -0.2) is 4.98 Å². The molecular formula is C18H15NO2. The molecule has 3 nitrogen and oxygen atoms in total. The van der Waals surface area contributed by atoms with Gasteiger partial charge in [0.1, 0.15) is 5.75 Å². The molecule has 0 radical (unpaired) electrons. The van der Waals surface area contributed by atoms with Gasteiger partial charge in [-0.15, -0.1) is 0 Å². The molecule has 0 amide bonds. The number of aryl methyl sites for hydroxylation is 1. The van der Waals surface area contributed by atoms with Crippen molar-refractivity contribution in [2.75, 3.05) is 7.11 Å². The van der Waals surface area contributed by atoms with Gasteiger partial charge in [0.25, 0.3) is 0 Å². The summed E-state index contributed by atoms with van der Waals surface area (Å²) in [6.07, 6.45) is 0.862. The summed E-state index contributed by atoms with van der Waals surface area (Å²) in [5.41, 5.74) is 4.40. The highest BCUT2D eigenvalue weighted by Crippen LogP contribution is 2.27. The van der Waals surface area contributed by atoms with E-state index in [2.05, 4.69) is 4.98 Å². The quantitative estimate of drug-likeness (QED) is 0.678. The van der Waals surface area contributed by atoms with Crippen LogP contribution < -0.4 is 4.74 Å². The topological polar surface area (TPSA) is 39.2 Å². The number of aldehydes is 1. The molecule has 0 aliphatic carbocycles. The van der Waals surface area contributed by atoms with E-state index in [1.54, 1.807) is 7.11 Å². The predicted molar refractivity (Wildman–Crippen MR) is 83.9 cm³/mol. The maximum atomic E-state index is 11.4. The lowest BCUT2D eigenvalue weighted by molar-refractivity contribution is 0.112. The monoisotopic (exact) mass is 277 g/mol. The van der Waals surface area contributed by atoms with E-state index in [1.807, 2.05) is 55.5 Å². The summed E-state index contributed by atoms with van der Waals surface area (Å²) < 4.78 is 5.21. The van der Waals surface area contributed by atoms with E-state index >= 15 is 0 Å². The van der Waals surface area contributed by atoms with Gasteiger partial charge in [-0.1, -0.05) is 29.8 Å². The van der Waals surface area contributed by atoms with E-state index in [-0.39, 0.29) is 0 Å². The van der Waals surface area contributed by atoms with Crippen molar-refractivity contribution in [1.82, 2.24) is 4.98 Å². The third kappa shape index (κ3) is 2.50. The molecule has 0 spiro atoms. The number of benzene rings is 2. The Morgan fingerprint density at radius 2 is 1.81 bits per heavy atom. The van der Waals surface area contributed by atoms with Gasteiger partial charge in [0, 0.05) is 16.5 Å². The number of hydrogen-bond acceptors (Lipinski definition) is 3. The van der Waals surface area contributed by atoms with Crippen molar-refractivity contribution in [3.05, 3.63) is 59.7 Å². The van der Waals surface area contributed by atoms with Crippen molar-refractivity contribution < 1.29 is 9.53 Å². The number of rotatable bonds is 3. The van der Waals surface area contributed by atoms with E-state index in [0.717, 1.165) is 34.2 Å². The van der Waals surface area contributed by atoms with E-state index in [4.69, 9.17) is 4.74 Å². The van der Waals surface area contributed by atoms with Gasteiger partial charge in [-0.3, -0.25) is 4.79 Å². The largest absolute Gasteiger partial charge is 0.497 e. The summed E-state index contributed by atoms with van der Waals surface area (Å²) in [5.74, 6) is 0.718. The van der Waals surface area contributed by atoms with Crippen LogP contribution in [0.4, 0.5) is 0 Å². The normalized spacial score (nSPS) is 10.6. The summed E-state index contributed by atoms with van der Waals surface area (Å²) in [6, 6.07) is 15.5. The second kappa shape index (κ2) is 5.37. The number of ether oxygens (including phenoxy) is 1. The number of hydrogen-bond donors (Lipinski definition) is 0. The SMILES string of the molecule is COc1ccc2nc(-c3ccc(C)cc3)cc(C=O)c2c1. The number of methoxy groups -OCH3 is 1. The van der Waals surface area contributed by atoms with Crippen molar-refractivity contribution in [1.29, 1.82) is 0 Å². The third-order valence-electron chi connectivity index (χ3n) is 3.52. The molecule has 1 aromatic heterocycles. The van der Waals surface area contributed by atoms with Gasteiger partial charge >= 0.3 is 0 Å². The number of carbonyl (C=O) groups excluding carboxylic acids is 1. The van der Waals surface area contributed by atoms with Crippen LogP contribution in [0.5, 0.6) is 5.75 Å². The Hall–Kier alpha value is -2.68. The molecule has 0 saturated carbocycles. The number of pyridine rings is 1. The molecule has 104 valence electrons. The molecule has 0 saturated heterocycles. The third-order valence-corrected chi connectivity index (χ3v) is 3.52. The molecule has 2 aromatic carbocycles. The van der Waals surface area contributed by atoms with E-state index < -0.39 is 0 Å². The lowest BCUT2D eigenvalue weighted by atomic mass is 10.0. The Balaban J connectivity index is 2.22. The van der Waals surface area contributed by atoms with Crippen LogP contribution in [0.3, 0.4) is 0 Å². The highest BCUT2D eigenvalue weighted by molar-refractivity contribution is 5.98. The van der Waals surface area contributed by atoms with Crippen LogP contribution in [0.1, 0.15) is 15.9 Å². The first-order chi connectivity index (χ1) is 10.2. The first-order valence-electron chi connectivity index (χ1n) is 6.72. The van der Waals surface area contributed by atoms with Crippen LogP contribution in [0.15, 0.2) is 48.5 Å². The Kier molecular flexibility index (Phi) is 3.40. The number of carbonyl (C=O) groups is 1. The van der Waals surface area contributed by atoms with Crippen LogP contribution in [0, 0.1) is 6.92 Å². The minimum absolute atomic E-state index is 0.620. The average Bonchev–Trinajstić information content (AvgIpc) is 2.54. The summed E-state index contributed by atoms with van der Waals surface area (Å²) in [5, 5.41) is 0.806. The molecule has 0 atom stereocenters. The Morgan fingerprint density at radius 3 is 2.48 bits per heavy atom. The molecule has 0 unspecified atom stereocenters. The fraction of sp³-hybridized carbons (Fsp3) is 0.111. The van der Waals surface area contributed by atoms with Gasteiger partial charge in [-0.2, -0.15) is 0 Å². The van der Waals surface area contributed by atoms with E-state index in [0.29, 0.717) is 5.56 Å². The Labute approximate surface area is 123 Å². The molecule has 21 heavy (non-hydrogen) atoms. The van der Waals surface area contributed by atoms with Gasteiger partial charge in [0.05, 0.1) is 18.3 Å². The second-order valence-corrected chi connectivity index (χ2v) is 4.96. The number of fused-ring (bicyclic) bond motifs is 1. The first-order valence-corrected chi connectivity index (χ1v) is 6.72. The van der Waals surface area contributed by atoms with Crippen LogP contribution in [0.2, 0.25) is 0 Å². The lowest BCUT2D eigenvalue weighted by Crippen LogP contribution is -1.93. The summed E-state index contributed by atoms with van der Waals surface area (Å²) in [7, 11) is 1.61. The molecule has 3 rings (SSSR count). The molecular weight excluding hydrogens is 262 g/mol. The van der Waals surface area contributed by atoms with Crippen LogP contribution in [0.25, 0.3) is 22.2 Å². The predicted octanol–water partition coefficient (Wildman–Crippen LogP) is 4.03. The lowest BCUT2D eigenvalue weighted by Gasteiger charge is -2.08. The van der Waals surface area contributed by atoms with Gasteiger partial charge in [0.15, 0.2) is 6.29 Å². The van der Waals surface area contributed by atoms with Crippen LogP contribution in [-0.2, 0) is 0 Å².